The van der Waals surface area contributed by atoms with Crippen LogP contribution in [0.1, 0.15) is 98.8 Å². The predicted octanol–water partition coefficient (Wildman–Crippen LogP) is 6.46. The van der Waals surface area contributed by atoms with Gasteiger partial charge in [-0.1, -0.05) is 53.9 Å². The van der Waals surface area contributed by atoms with Gasteiger partial charge in [0.2, 0.25) is 0 Å². The van der Waals surface area contributed by atoms with Crippen LogP contribution in [-0.2, 0) is 4.74 Å². The number of hydrogen-bond donors (Lipinski definition) is 1. The molecule has 4 aliphatic carbocycles. The van der Waals surface area contributed by atoms with Gasteiger partial charge in [0.15, 0.2) is 0 Å². The summed E-state index contributed by atoms with van der Waals surface area (Å²) in [4.78, 5) is 0. The summed E-state index contributed by atoms with van der Waals surface area (Å²) < 4.78 is 6.12. The van der Waals surface area contributed by atoms with E-state index in [1.807, 2.05) is 0 Å². The molecule has 0 aromatic rings. The third kappa shape index (κ3) is 3.09. The molecule has 0 aromatic carbocycles. The monoisotopic (exact) mass is 402 g/mol. The molecule has 0 unspecified atom stereocenters. The van der Waals surface area contributed by atoms with E-state index in [-0.39, 0.29) is 12.2 Å². The molecule has 0 bridgehead atoms. The maximum atomic E-state index is 10.4. The first-order valence-electron chi connectivity index (χ1n) is 13.1. The highest BCUT2D eigenvalue weighted by Crippen LogP contribution is 2.70. The third-order valence-corrected chi connectivity index (χ3v) is 11.2. The molecule has 5 aliphatic rings. The van der Waals surface area contributed by atoms with Gasteiger partial charge in [-0.15, -0.1) is 0 Å². The Bertz CT molecular complexity index is 616. The van der Waals surface area contributed by atoms with Gasteiger partial charge in [-0.2, -0.15) is 0 Å². The lowest BCUT2D eigenvalue weighted by atomic mass is 9.44. The average molecular weight is 403 g/mol. The molecule has 1 heterocycles. The standard InChI is InChI=1S/C27H46O2/c1-16(2)7-6-8-17(3)20-11-12-21-19-10-9-18-15-23(28)24-25(29-24)27(18,5)22(19)13-14-26(20,21)4/h16-25,28H,6-15H2,1-5H3/t17-,18+,19+,20-,21+,22+,23-,24-,25-,26-,27+/m1/s1. The first-order valence-corrected chi connectivity index (χ1v) is 13.1. The number of epoxide rings is 1. The molecule has 11 atom stereocenters. The van der Waals surface area contributed by atoms with Crippen molar-refractivity contribution in [3.8, 4) is 0 Å². The van der Waals surface area contributed by atoms with Gasteiger partial charge in [0.25, 0.3) is 0 Å². The van der Waals surface area contributed by atoms with Crippen LogP contribution in [0.15, 0.2) is 0 Å². The Balaban J connectivity index is 1.31. The molecule has 2 nitrogen and oxygen atoms in total. The van der Waals surface area contributed by atoms with Crippen molar-refractivity contribution in [1.82, 2.24) is 0 Å². The van der Waals surface area contributed by atoms with Crippen LogP contribution in [0.25, 0.3) is 0 Å². The van der Waals surface area contributed by atoms with Crippen LogP contribution in [0, 0.1) is 52.3 Å². The number of aliphatic hydroxyl groups is 1. The van der Waals surface area contributed by atoms with Crippen LogP contribution in [0.3, 0.4) is 0 Å². The van der Waals surface area contributed by atoms with Crippen molar-refractivity contribution in [2.24, 2.45) is 52.3 Å². The van der Waals surface area contributed by atoms with Crippen molar-refractivity contribution in [2.75, 3.05) is 0 Å². The summed E-state index contributed by atoms with van der Waals surface area (Å²) in [5.74, 6) is 6.10. The molecule has 1 aliphatic heterocycles. The molecule has 0 aromatic heterocycles. The van der Waals surface area contributed by atoms with E-state index in [2.05, 4.69) is 34.6 Å². The van der Waals surface area contributed by atoms with E-state index in [4.69, 9.17) is 4.74 Å². The highest BCUT2D eigenvalue weighted by molar-refractivity contribution is 5.17. The topological polar surface area (TPSA) is 32.8 Å². The summed E-state index contributed by atoms with van der Waals surface area (Å²) in [5.41, 5.74) is 0.925. The van der Waals surface area contributed by atoms with E-state index in [0.29, 0.717) is 22.9 Å². The van der Waals surface area contributed by atoms with Gasteiger partial charge in [-0.3, -0.25) is 0 Å². The molecule has 1 N–H and O–H groups in total. The summed E-state index contributed by atoms with van der Waals surface area (Å²) in [6, 6.07) is 0. The lowest BCUT2D eigenvalue weighted by molar-refractivity contribution is -0.122. The minimum absolute atomic E-state index is 0.167. The molecular formula is C27H46O2. The molecular weight excluding hydrogens is 356 g/mol. The Hall–Kier alpha value is -0.0800. The van der Waals surface area contributed by atoms with Gasteiger partial charge >= 0.3 is 0 Å². The maximum absolute atomic E-state index is 10.4. The first kappa shape index (κ1) is 20.8. The smallest absolute Gasteiger partial charge is 0.111 e. The van der Waals surface area contributed by atoms with Gasteiger partial charge in [0.05, 0.1) is 12.2 Å². The van der Waals surface area contributed by atoms with E-state index in [0.717, 1.165) is 41.9 Å². The molecule has 1 saturated heterocycles. The van der Waals surface area contributed by atoms with E-state index >= 15 is 0 Å². The fourth-order valence-electron chi connectivity index (χ4n) is 9.65. The van der Waals surface area contributed by atoms with Crippen molar-refractivity contribution in [3.63, 3.8) is 0 Å². The molecule has 5 fully saturated rings. The Morgan fingerprint density at radius 3 is 2.52 bits per heavy atom. The Morgan fingerprint density at radius 1 is 0.966 bits per heavy atom. The van der Waals surface area contributed by atoms with Crippen molar-refractivity contribution in [1.29, 1.82) is 0 Å². The molecule has 0 radical (unpaired) electrons. The van der Waals surface area contributed by atoms with Crippen molar-refractivity contribution in [2.45, 2.75) is 117 Å². The summed E-state index contributed by atoms with van der Waals surface area (Å²) >= 11 is 0. The molecule has 29 heavy (non-hydrogen) atoms. The molecule has 4 saturated carbocycles. The number of hydrogen-bond acceptors (Lipinski definition) is 2. The minimum atomic E-state index is -0.189. The molecule has 0 amide bonds. The lowest BCUT2D eigenvalue weighted by Gasteiger charge is -2.60. The van der Waals surface area contributed by atoms with Crippen LogP contribution in [0.2, 0.25) is 0 Å². The van der Waals surface area contributed by atoms with E-state index in [1.165, 1.54) is 57.8 Å². The molecule has 0 spiro atoms. The minimum Gasteiger partial charge on any atom is -0.390 e. The van der Waals surface area contributed by atoms with Crippen LogP contribution in [0.4, 0.5) is 0 Å². The Labute approximate surface area is 179 Å². The number of rotatable bonds is 5. The SMILES string of the molecule is CC(C)CCC[C@@H](C)[C@H]1CC[C@H]2[C@@H]3CC[C@H]4C[C@@H](O)[C@H]5O[C@H]5[C@]4(C)[C@H]3CC[C@]12C. The Morgan fingerprint density at radius 2 is 1.76 bits per heavy atom. The van der Waals surface area contributed by atoms with Gasteiger partial charge in [-0.25, -0.2) is 0 Å². The molecule has 2 heteroatoms. The zero-order valence-electron chi connectivity index (χ0n) is 19.7. The molecule has 166 valence electrons. The second-order valence-corrected chi connectivity index (χ2v) is 12.9. The number of aliphatic hydroxyl groups excluding tert-OH is 1. The summed E-state index contributed by atoms with van der Waals surface area (Å²) in [6.07, 6.45) is 14.2. The largest absolute Gasteiger partial charge is 0.390 e. The van der Waals surface area contributed by atoms with E-state index < -0.39 is 0 Å². The fraction of sp³-hybridized carbons (Fsp3) is 1.00. The molecule has 5 rings (SSSR count). The van der Waals surface area contributed by atoms with Gasteiger partial charge in [-0.05, 0) is 91.8 Å². The average Bonchev–Trinajstić information content (AvgIpc) is 3.40. The second kappa shape index (κ2) is 7.22. The number of ether oxygens (including phenoxy) is 1. The van der Waals surface area contributed by atoms with E-state index in [9.17, 15) is 5.11 Å². The summed E-state index contributed by atoms with van der Waals surface area (Å²) in [7, 11) is 0. The van der Waals surface area contributed by atoms with E-state index in [1.54, 1.807) is 0 Å². The van der Waals surface area contributed by atoms with Crippen molar-refractivity contribution in [3.05, 3.63) is 0 Å². The van der Waals surface area contributed by atoms with Crippen LogP contribution in [-0.4, -0.2) is 23.4 Å². The summed E-state index contributed by atoms with van der Waals surface area (Å²) in [5, 5.41) is 10.4. The third-order valence-electron chi connectivity index (χ3n) is 11.2. The highest BCUT2D eigenvalue weighted by atomic mass is 16.6. The van der Waals surface area contributed by atoms with Gasteiger partial charge in [0, 0.05) is 5.41 Å². The number of fused-ring (bicyclic) bond motifs is 7. The predicted molar refractivity (Wildman–Crippen MR) is 119 cm³/mol. The van der Waals surface area contributed by atoms with Gasteiger partial charge < -0.3 is 9.84 Å². The highest BCUT2D eigenvalue weighted by Gasteiger charge is 2.69. The summed E-state index contributed by atoms with van der Waals surface area (Å²) in [6.45, 7) is 12.6. The Kier molecular flexibility index (Phi) is 5.18. The van der Waals surface area contributed by atoms with Crippen molar-refractivity contribution < 1.29 is 9.84 Å². The second-order valence-electron chi connectivity index (χ2n) is 12.9. The van der Waals surface area contributed by atoms with Crippen LogP contribution in [0.5, 0.6) is 0 Å². The van der Waals surface area contributed by atoms with Crippen molar-refractivity contribution >= 4 is 0 Å². The normalized spacial score (nSPS) is 54.3. The quantitative estimate of drug-likeness (QED) is 0.536. The zero-order valence-corrected chi connectivity index (χ0v) is 19.7. The fourth-order valence-corrected chi connectivity index (χ4v) is 9.65. The van der Waals surface area contributed by atoms with Crippen LogP contribution >= 0.6 is 0 Å². The van der Waals surface area contributed by atoms with Gasteiger partial charge in [0.1, 0.15) is 6.10 Å². The lowest BCUT2D eigenvalue weighted by Crippen LogP contribution is -2.57. The van der Waals surface area contributed by atoms with Crippen LogP contribution < -0.4 is 0 Å². The first-order chi connectivity index (χ1) is 13.8. The zero-order chi connectivity index (χ0) is 20.6. The maximum Gasteiger partial charge on any atom is 0.111 e.